The van der Waals surface area contributed by atoms with Crippen LogP contribution < -0.4 is 0 Å². The highest BCUT2D eigenvalue weighted by Gasteiger charge is 2.24. The summed E-state index contributed by atoms with van der Waals surface area (Å²) in [5.41, 5.74) is 1.14. The monoisotopic (exact) mass is 591 g/mol. The number of unbranched alkanes of at least 4 members (excludes halogenated alkanes) is 1. The van der Waals surface area contributed by atoms with Gasteiger partial charge in [0.2, 0.25) is 0 Å². The molecule has 0 aliphatic carbocycles. The molecule has 3 aromatic rings. The average molecular weight is 591 g/mol. The molecule has 1 N–H and O–H groups in total. The number of phenolic OH excluding ortho intramolecular Hbond substituents is 1. The second-order valence-corrected chi connectivity index (χ2v) is 8.38. The molecule has 0 radical (unpaired) electrons. The van der Waals surface area contributed by atoms with Crippen molar-refractivity contribution in [3.63, 3.8) is 0 Å². The second-order valence-electron chi connectivity index (χ2n) is 6.06. The lowest BCUT2D eigenvalue weighted by Gasteiger charge is -2.06. The Morgan fingerprint density at radius 3 is 2.48 bits per heavy atom. The van der Waals surface area contributed by atoms with Crippen molar-refractivity contribution in [2.24, 2.45) is 0 Å². The van der Waals surface area contributed by atoms with Gasteiger partial charge in [-0.25, -0.2) is 0 Å². The Balaban J connectivity index is 2.21. The van der Waals surface area contributed by atoms with Crippen molar-refractivity contribution in [2.75, 3.05) is 0 Å². The Bertz CT molecular complexity index is 1030. The smallest absolute Gasteiger partial charge is 0.270 e. The van der Waals surface area contributed by atoms with E-state index in [0.29, 0.717) is 41.4 Å². The van der Waals surface area contributed by atoms with Gasteiger partial charge in [0.25, 0.3) is 5.69 Å². The summed E-state index contributed by atoms with van der Waals surface area (Å²) in [6.07, 6.45) is 2.35. The van der Waals surface area contributed by atoms with Crippen LogP contribution in [0.4, 0.5) is 5.69 Å². The molecule has 0 aliphatic rings. The molecule has 0 aliphatic heterocycles. The highest BCUT2D eigenvalue weighted by molar-refractivity contribution is 14.1. The lowest BCUT2D eigenvalue weighted by Crippen LogP contribution is -2.05. The number of halogens is 2. The number of phenols is 1. The minimum absolute atomic E-state index is 0.0886. The van der Waals surface area contributed by atoms with Gasteiger partial charge in [-0.2, -0.15) is 0 Å². The number of benzene rings is 2. The van der Waals surface area contributed by atoms with E-state index in [1.54, 1.807) is 12.1 Å². The molecular weight excluding hydrogens is 576 g/mol. The fourth-order valence-corrected chi connectivity index (χ4v) is 4.62. The highest BCUT2D eigenvalue weighted by Crippen LogP contribution is 2.34. The van der Waals surface area contributed by atoms with Gasteiger partial charge in [-0.1, -0.05) is 13.3 Å². The summed E-state index contributed by atoms with van der Waals surface area (Å²) in [7, 11) is 0. The van der Waals surface area contributed by atoms with Crippen molar-refractivity contribution in [2.45, 2.75) is 26.2 Å². The minimum Gasteiger partial charge on any atom is -0.506 e. The fraction of sp³-hybridized carbons (Fsp3) is 0.211. The number of nitrogens with zero attached hydrogens (tertiary/aromatic N) is 1. The molecule has 3 rings (SSSR count). The number of hydrogen-bond donors (Lipinski definition) is 1. The van der Waals surface area contributed by atoms with Gasteiger partial charge in [0.1, 0.15) is 17.1 Å². The van der Waals surface area contributed by atoms with Crippen molar-refractivity contribution in [1.29, 1.82) is 0 Å². The molecule has 6 nitrogen and oxygen atoms in total. The number of aryl methyl sites for hydroxylation is 1. The number of ketones is 1. The lowest BCUT2D eigenvalue weighted by molar-refractivity contribution is -0.384. The average Bonchev–Trinajstić information content (AvgIpc) is 3.00. The summed E-state index contributed by atoms with van der Waals surface area (Å²) < 4.78 is 7.00. The van der Waals surface area contributed by atoms with Crippen molar-refractivity contribution in [3.8, 4) is 5.75 Å². The zero-order valence-corrected chi connectivity index (χ0v) is 18.6. The molecule has 0 atom stereocenters. The number of non-ortho nitro benzene ring substituents is 1. The van der Waals surface area contributed by atoms with Crippen LogP contribution in [0.15, 0.2) is 34.7 Å². The van der Waals surface area contributed by atoms with Gasteiger partial charge in [-0.3, -0.25) is 14.9 Å². The van der Waals surface area contributed by atoms with Gasteiger partial charge in [0.15, 0.2) is 5.78 Å². The lowest BCUT2D eigenvalue weighted by atomic mass is 9.98. The molecule has 0 fully saturated rings. The predicted molar refractivity (Wildman–Crippen MR) is 118 cm³/mol. The van der Waals surface area contributed by atoms with E-state index in [1.807, 2.05) is 52.1 Å². The topological polar surface area (TPSA) is 93.6 Å². The first-order valence-corrected chi connectivity index (χ1v) is 10.4. The second kappa shape index (κ2) is 8.13. The van der Waals surface area contributed by atoms with Crippen molar-refractivity contribution in [1.82, 2.24) is 0 Å². The summed E-state index contributed by atoms with van der Waals surface area (Å²) >= 11 is 3.94. The third kappa shape index (κ3) is 3.96. The van der Waals surface area contributed by atoms with Crippen molar-refractivity contribution >= 4 is 67.6 Å². The van der Waals surface area contributed by atoms with E-state index in [9.17, 15) is 20.0 Å². The van der Waals surface area contributed by atoms with E-state index < -0.39 is 4.92 Å². The van der Waals surface area contributed by atoms with Crippen molar-refractivity contribution in [3.05, 3.63) is 64.5 Å². The zero-order chi connectivity index (χ0) is 19.7. The van der Waals surface area contributed by atoms with Gasteiger partial charge < -0.3 is 9.52 Å². The normalized spacial score (nSPS) is 11.1. The first-order chi connectivity index (χ1) is 12.8. The first kappa shape index (κ1) is 20.1. The summed E-state index contributed by atoms with van der Waals surface area (Å²) in [6.45, 7) is 2.04. The Morgan fingerprint density at radius 2 is 1.89 bits per heavy atom. The Hall–Kier alpha value is -1.69. The van der Waals surface area contributed by atoms with E-state index in [4.69, 9.17) is 4.42 Å². The number of carbonyl (C=O) groups excluding carboxylic acids is 1. The maximum Gasteiger partial charge on any atom is 0.270 e. The SMILES string of the molecule is CCCCc1oc2ccc([N+](=O)[O-])cc2c1C(=O)c1cc(I)c(O)c(I)c1. The third-order valence-electron chi connectivity index (χ3n) is 4.22. The van der Waals surface area contributed by atoms with Crippen LogP contribution >= 0.6 is 45.2 Å². The van der Waals surface area contributed by atoms with Crippen LogP contribution in [0.25, 0.3) is 11.0 Å². The summed E-state index contributed by atoms with van der Waals surface area (Å²) in [5.74, 6) is 0.401. The molecule has 0 amide bonds. The van der Waals surface area contributed by atoms with Gasteiger partial charge in [-0.05, 0) is 69.8 Å². The summed E-state index contributed by atoms with van der Waals surface area (Å²) in [6, 6.07) is 7.51. The number of fused-ring (bicyclic) bond motifs is 1. The molecule has 0 bridgehead atoms. The standard InChI is InChI=1S/C19H15I2NO5/c1-2-3-4-16-17(12-9-11(22(25)26)5-6-15(12)27-16)18(23)10-7-13(20)19(24)14(21)8-10/h5-9,24H,2-4H2,1H3. The van der Waals surface area contributed by atoms with Crippen LogP contribution in [-0.4, -0.2) is 15.8 Å². The van der Waals surface area contributed by atoms with E-state index in [2.05, 4.69) is 0 Å². The largest absolute Gasteiger partial charge is 0.506 e. The van der Waals surface area contributed by atoms with Gasteiger partial charge in [-0.15, -0.1) is 0 Å². The number of rotatable bonds is 6. The minimum atomic E-state index is -0.487. The van der Waals surface area contributed by atoms with Crippen molar-refractivity contribution < 1.29 is 19.2 Å². The van der Waals surface area contributed by atoms with Gasteiger partial charge in [0, 0.05) is 29.5 Å². The van der Waals surface area contributed by atoms with E-state index >= 15 is 0 Å². The summed E-state index contributed by atoms with van der Waals surface area (Å²) in [4.78, 5) is 24.0. The molecule has 8 heteroatoms. The Kier molecular flexibility index (Phi) is 6.04. The molecule has 27 heavy (non-hydrogen) atoms. The molecular formula is C19H15I2NO5. The maximum atomic E-state index is 13.3. The maximum absolute atomic E-state index is 13.3. The van der Waals surface area contributed by atoms with Crippen LogP contribution in [0, 0.1) is 17.3 Å². The predicted octanol–water partition coefficient (Wildman–Crippen LogP) is 5.83. The third-order valence-corrected chi connectivity index (χ3v) is 5.86. The number of nitro groups is 1. The van der Waals surface area contributed by atoms with Crippen LogP contribution in [0.3, 0.4) is 0 Å². The van der Waals surface area contributed by atoms with E-state index in [-0.39, 0.29) is 17.2 Å². The van der Waals surface area contributed by atoms with Gasteiger partial charge in [0.05, 0.1) is 17.6 Å². The molecule has 140 valence electrons. The molecule has 0 spiro atoms. The Labute approximate surface area is 182 Å². The van der Waals surface area contributed by atoms with Gasteiger partial charge >= 0.3 is 0 Å². The molecule has 0 saturated carbocycles. The van der Waals surface area contributed by atoms with Crippen LogP contribution in [0.2, 0.25) is 0 Å². The number of hydrogen-bond acceptors (Lipinski definition) is 5. The van der Waals surface area contributed by atoms with E-state index in [0.717, 1.165) is 12.8 Å². The quantitative estimate of drug-likeness (QED) is 0.169. The number of carbonyl (C=O) groups is 1. The highest BCUT2D eigenvalue weighted by atomic mass is 127. The summed E-state index contributed by atoms with van der Waals surface area (Å²) in [5, 5.41) is 21.6. The molecule has 1 aromatic heterocycles. The zero-order valence-electron chi connectivity index (χ0n) is 14.3. The number of aromatic hydroxyl groups is 1. The Morgan fingerprint density at radius 1 is 1.22 bits per heavy atom. The van der Waals surface area contributed by atoms with Crippen LogP contribution in [-0.2, 0) is 6.42 Å². The molecule has 0 saturated heterocycles. The number of furan rings is 1. The fourth-order valence-electron chi connectivity index (χ4n) is 2.85. The molecule has 0 unspecified atom stereocenters. The van der Waals surface area contributed by atoms with E-state index in [1.165, 1.54) is 18.2 Å². The number of nitro benzene ring substituents is 1. The molecule has 1 heterocycles. The van der Waals surface area contributed by atoms with Crippen LogP contribution in [0.1, 0.15) is 41.4 Å². The molecule has 2 aromatic carbocycles. The van der Waals surface area contributed by atoms with Crippen LogP contribution in [0.5, 0.6) is 5.75 Å². The first-order valence-electron chi connectivity index (χ1n) is 8.26.